The second-order valence-electron chi connectivity index (χ2n) is 10.2. The summed E-state index contributed by atoms with van der Waals surface area (Å²) in [6, 6.07) is 12.6. The molecule has 1 aliphatic carbocycles. The Balaban J connectivity index is 1.35. The van der Waals surface area contributed by atoms with Crippen LogP contribution in [-0.4, -0.2) is 36.7 Å². The maximum atomic E-state index is 12.8. The van der Waals surface area contributed by atoms with E-state index in [2.05, 4.69) is 55.3 Å². The highest BCUT2D eigenvalue weighted by atomic mass is 35.5. The molecule has 3 fully saturated rings. The summed E-state index contributed by atoms with van der Waals surface area (Å²) < 4.78 is 5.91. The molecule has 164 valence electrons. The zero-order chi connectivity index (χ0) is 21.8. The maximum Gasteiger partial charge on any atom is 0.407 e. The predicted octanol–water partition coefficient (Wildman–Crippen LogP) is 5.76. The van der Waals surface area contributed by atoms with Crippen molar-refractivity contribution < 1.29 is 9.53 Å². The number of carbonyl (C=O) groups is 1. The molecule has 2 aromatic carbocycles. The highest BCUT2D eigenvalue weighted by molar-refractivity contribution is 6.33. The number of rotatable bonds is 3. The number of hydrogen-bond acceptors (Lipinski definition) is 3. The number of amides is 1. The molecule has 2 aromatic rings. The minimum absolute atomic E-state index is 0.0253. The quantitative estimate of drug-likeness (QED) is 0.662. The van der Waals surface area contributed by atoms with Crippen molar-refractivity contribution in [2.24, 2.45) is 11.3 Å². The van der Waals surface area contributed by atoms with E-state index in [0.717, 1.165) is 55.0 Å². The lowest BCUT2D eigenvalue weighted by atomic mass is 9.85. The van der Waals surface area contributed by atoms with Crippen LogP contribution in [0.1, 0.15) is 49.4 Å². The Bertz CT molecular complexity index is 1010. The number of alkyl carbamates (subject to hydrolysis) is 1. The number of carbonyl (C=O) groups excluding carboxylic acids is 1. The van der Waals surface area contributed by atoms with Crippen LogP contribution >= 0.6 is 11.6 Å². The highest BCUT2D eigenvalue weighted by Crippen LogP contribution is 2.46. The molecule has 3 heterocycles. The zero-order valence-corrected chi connectivity index (χ0v) is 19.3. The van der Waals surface area contributed by atoms with Gasteiger partial charge in [-0.3, -0.25) is 4.90 Å². The standard InChI is InChI=1S/C26H31ClN2O2/c1-16-4-7-22(27)21(12-16)18-5-6-20-19(13-18)14-26(2,3)24(20)28-25(30)31-23-15-29-10-8-17(23)9-11-29/h4-7,12-13,17,23-24H,8-11,14-15H2,1-3H3,(H,28,30)/t23-,24?/m1/s1. The van der Waals surface area contributed by atoms with E-state index in [1.165, 1.54) is 16.7 Å². The second kappa shape index (κ2) is 7.83. The van der Waals surface area contributed by atoms with Crippen molar-refractivity contribution in [1.82, 2.24) is 10.2 Å². The lowest BCUT2D eigenvalue weighted by molar-refractivity contribution is -0.0348. The summed E-state index contributed by atoms with van der Waals surface area (Å²) in [4.78, 5) is 15.2. The minimum atomic E-state index is -0.282. The third-order valence-electron chi connectivity index (χ3n) is 7.43. The minimum Gasteiger partial charge on any atom is -0.445 e. The fraction of sp³-hybridized carbons (Fsp3) is 0.500. The van der Waals surface area contributed by atoms with Gasteiger partial charge in [0.1, 0.15) is 6.10 Å². The molecule has 2 atom stereocenters. The van der Waals surface area contributed by atoms with Crippen molar-refractivity contribution in [2.45, 2.75) is 52.2 Å². The molecule has 2 bridgehead atoms. The van der Waals surface area contributed by atoms with Gasteiger partial charge in [0.15, 0.2) is 0 Å². The third-order valence-corrected chi connectivity index (χ3v) is 7.76. The van der Waals surface area contributed by atoms with Gasteiger partial charge >= 0.3 is 6.09 Å². The van der Waals surface area contributed by atoms with Crippen LogP contribution in [0.25, 0.3) is 11.1 Å². The topological polar surface area (TPSA) is 41.6 Å². The Kier molecular flexibility index (Phi) is 5.26. The summed E-state index contributed by atoms with van der Waals surface area (Å²) in [6.07, 6.45) is 2.93. The van der Waals surface area contributed by atoms with Gasteiger partial charge < -0.3 is 10.1 Å². The van der Waals surface area contributed by atoms with Gasteiger partial charge in [0.25, 0.3) is 0 Å². The van der Waals surface area contributed by atoms with E-state index < -0.39 is 0 Å². The predicted molar refractivity (Wildman–Crippen MR) is 124 cm³/mol. The first-order valence-electron chi connectivity index (χ1n) is 11.4. The van der Waals surface area contributed by atoms with E-state index in [9.17, 15) is 4.79 Å². The molecule has 0 saturated carbocycles. The summed E-state index contributed by atoms with van der Waals surface area (Å²) in [6.45, 7) is 9.67. The van der Waals surface area contributed by atoms with E-state index in [0.29, 0.717) is 5.92 Å². The Morgan fingerprint density at radius 3 is 2.65 bits per heavy atom. The molecule has 0 spiro atoms. The number of nitrogens with zero attached hydrogens (tertiary/aromatic N) is 1. The Morgan fingerprint density at radius 1 is 1.16 bits per heavy atom. The number of aryl methyl sites for hydroxylation is 1. The fourth-order valence-corrected chi connectivity index (χ4v) is 5.92. The van der Waals surface area contributed by atoms with Gasteiger partial charge in [0.05, 0.1) is 6.04 Å². The fourth-order valence-electron chi connectivity index (χ4n) is 5.69. The van der Waals surface area contributed by atoms with Gasteiger partial charge in [-0.2, -0.15) is 0 Å². The lowest BCUT2D eigenvalue weighted by Crippen LogP contribution is -2.53. The second-order valence-corrected chi connectivity index (χ2v) is 10.6. The first kappa shape index (κ1) is 20.8. The molecule has 4 aliphatic rings. The van der Waals surface area contributed by atoms with E-state index in [1.54, 1.807) is 0 Å². The van der Waals surface area contributed by atoms with Gasteiger partial charge in [-0.25, -0.2) is 4.79 Å². The van der Waals surface area contributed by atoms with Gasteiger partial charge in [0, 0.05) is 17.1 Å². The maximum absolute atomic E-state index is 12.8. The van der Waals surface area contributed by atoms with Crippen LogP contribution in [0.15, 0.2) is 36.4 Å². The van der Waals surface area contributed by atoms with Gasteiger partial charge in [-0.1, -0.05) is 55.3 Å². The number of halogens is 1. The Labute approximate surface area is 189 Å². The molecule has 1 N–H and O–H groups in total. The smallest absolute Gasteiger partial charge is 0.407 e. The molecule has 1 amide bonds. The summed E-state index contributed by atoms with van der Waals surface area (Å²) in [5, 5.41) is 3.97. The first-order valence-corrected chi connectivity index (χ1v) is 11.8. The van der Waals surface area contributed by atoms with Crippen LogP contribution in [0.3, 0.4) is 0 Å². The van der Waals surface area contributed by atoms with Crippen LogP contribution in [0, 0.1) is 18.3 Å². The molecule has 3 saturated heterocycles. The highest BCUT2D eigenvalue weighted by Gasteiger charge is 2.42. The number of hydrogen-bond donors (Lipinski definition) is 1. The number of piperidine rings is 3. The van der Waals surface area contributed by atoms with E-state index in [-0.39, 0.29) is 23.7 Å². The number of ether oxygens (including phenoxy) is 1. The van der Waals surface area contributed by atoms with Gasteiger partial charge in [0.2, 0.25) is 0 Å². The molecule has 1 unspecified atom stereocenters. The number of benzene rings is 2. The summed E-state index contributed by atoms with van der Waals surface area (Å²) >= 11 is 6.48. The van der Waals surface area contributed by atoms with Crippen molar-refractivity contribution in [1.29, 1.82) is 0 Å². The zero-order valence-electron chi connectivity index (χ0n) is 18.6. The van der Waals surface area contributed by atoms with Crippen molar-refractivity contribution in [3.05, 3.63) is 58.1 Å². The number of nitrogens with one attached hydrogen (secondary N) is 1. The van der Waals surface area contributed by atoms with Crippen LogP contribution < -0.4 is 5.32 Å². The molecule has 6 rings (SSSR count). The van der Waals surface area contributed by atoms with E-state index >= 15 is 0 Å². The van der Waals surface area contributed by atoms with Crippen LogP contribution in [-0.2, 0) is 11.2 Å². The lowest BCUT2D eigenvalue weighted by Gasteiger charge is -2.44. The summed E-state index contributed by atoms with van der Waals surface area (Å²) in [7, 11) is 0. The van der Waals surface area contributed by atoms with E-state index in [4.69, 9.17) is 16.3 Å². The van der Waals surface area contributed by atoms with Gasteiger partial charge in [-0.15, -0.1) is 0 Å². The molecular formula is C26H31ClN2O2. The van der Waals surface area contributed by atoms with Crippen LogP contribution in [0.4, 0.5) is 4.79 Å². The van der Waals surface area contributed by atoms with Gasteiger partial charge in [-0.05, 0) is 79.4 Å². The van der Waals surface area contributed by atoms with Crippen LogP contribution in [0.2, 0.25) is 5.02 Å². The molecular weight excluding hydrogens is 408 g/mol. The molecule has 5 heteroatoms. The summed E-state index contributed by atoms with van der Waals surface area (Å²) in [5.74, 6) is 0.515. The normalized spacial score (nSPS) is 28.3. The molecule has 0 aromatic heterocycles. The molecule has 4 nitrogen and oxygen atoms in total. The monoisotopic (exact) mass is 438 g/mol. The van der Waals surface area contributed by atoms with Crippen LogP contribution in [0.5, 0.6) is 0 Å². The molecule has 3 aliphatic heterocycles. The van der Waals surface area contributed by atoms with E-state index in [1.807, 2.05) is 12.1 Å². The van der Waals surface area contributed by atoms with Crippen molar-refractivity contribution in [2.75, 3.05) is 19.6 Å². The Hall–Kier alpha value is -2.04. The third kappa shape index (κ3) is 3.96. The first-order chi connectivity index (χ1) is 14.8. The largest absolute Gasteiger partial charge is 0.445 e. The van der Waals surface area contributed by atoms with Crippen molar-refractivity contribution in [3.63, 3.8) is 0 Å². The van der Waals surface area contributed by atoms with Crippen molar-refractivity contribution >= 4 is 17.7 Å². The molecule has 0 radical (unpaired) electrons. The van der Waals surface area contributed by atoms with Crippen molar-refractivity contribution in [3.8, 4) is 11.1 Å². The molecule has 31 heavy (non-hydrogen) atoms. The summed E-state index contributed by atoms with van der Waals surface area (Å²) in [5.41, 5.74) is 5.75. The number of fused-ring (bicyclic) bond motifs is 4. The average Bonchev–Trinajstić information content (AvgIpc) is 2.99. The Morgan fingerprint density at radius 2 is 1.94 bits per heavy atom. The SMILES string of the molecule is Cc1ccc(Cl)c(-c2ccc3c(c2)CC(C)(C)C3NC(=O)O[C@@H]2CN3CCC2CC3)c1. The average molecular weight is 439 g/mol.